The van der Waals surface area contributed by atoms with Crippen LogP contribution >= 0.6 is 0 Å². The minimum atomic E-state index is -2.77. The number of imidazole rings is 1. The number of likely N-dealkylation sites (tertiary alicyclic amines) is 1. The van der Waals surface area contributed by atoms with Crippen molar-refractivity contribution in [1.29, 1.82) is 0 Å². The summed E-state index contributed by atoms with van der Waals surface area (Å²) < 4.78 is 28.9. The number of carbonyl (C=O) groups is 1. The van der Waals surface area contributed by atoms with Crippen molar-refractivity contribution in [2.45, 2.75) is 45.5 Å². The number of alkyl halides is 2. The molecule has 2 fully saturated rings. The largest absolute Gasteiger partial charge is 0.338 e. The maximum absolute atomic E-state index is 13.5. The number of carbonyl (C=O) groups excluding carboxylic acids is 1. The van der Waals surface area contributed by atoms with Crippen molar-refractivity contribution in [2.24, 2.45) is 7.05 Å². The van der Waals surface area contributed by atoms with Crippen LogP contribution in [0.1, 0.15) is 38.3 Å². The first-order chi connectivity index (χ1) is 17.9. The summed E-state index contributed by atoms with van der Waals surface area (Å²) in [5, 5.41) is 3.55. The summed E-state index contributed by atoms with van der Waals surface area (Å²) in [7, 11) is 1.92. The zero-order valence-electron chi connectivity index (χ0n) is 22.8. The van der Waals surface area contributed by atoms with Gasteiger partial charge in [0.05, 0.1) is 19.4 Å². The summed E-state index contributed by atoms with van der Waals surface area (Å²) in [6.45, 7) is 10.9. The molecule has 11 heteroatoms. The number of aromatic nitrogens is 4. The number of nitrogens with one attached hydrogen (secondary N) is 1. The van der Waals surface area contributed by atoms with E-state index < -0.39 is 12.5 Å². The van der Waals surface area contributed by atoms with E-state index >= 15 is 0 Å². The molecule has 2 aromatic heterocycles. The second-order valence-corrected chi connectivity index (χ2v) is 11.5. The summed E-state index contributed by atoms with van der Waals surface area (Å²) in [5.41, 5.74) is 4.77. The lowest BCUT2D eigenvalue weighted by Crippen LogP contribution is -2.50. The van der Waals surface area contributed by atoms with Crippen molar-refractivity contribution in [3.05, 3.63) is 35.7 Å². The molecular formula is C27H36F2N8O. The SMILES string of the molecule is Cc1ccc(C(C)(C)C)cc1Nc1nc(N2CCN(CC(=O)N3CCC(F)(F)C3)CC2)nc2ncn(C)c12. The third kappa shape index (κ3) is 5.43. The van der Waals surface area contributed by atoms with Gasteiger partial charge in [-0.15, -0.1) is 0 Å². The quantitative estimate of drug-likeness (QED) is 0.543. The Bertz CT molecular complexity index is 1340. The van der Waals surface area contributed by atoms with Crippen LogP contribution in [-0.4, -0.2) is 87.0 Å². The molecule has 38 heavy (non-hydrogen) atoms. The molecule has 0 radical (unpaired) electrons. The van der Waals surface area contributed by atoms with E-state index in [0.717, 1.165) is 16.8 Å². The minimum Gasteiger partial charge on any atom is -0.338 e. The topological polar surface area (TPSA) is 82.4 Å². The van der Waals surface area contributed by atoms with Gasteiger partial charge in [0, 0.05) is 51.9 Å². The molecule has 3 aromatic rings. The number of benzene rings is 1. The van der Waals surface area contributed by atoms with Gasteiger partial charge in [-0.2, -0.15) is 9.97 Å². The summed E-state index contributed by atoms with van der Waals surface area (Å²) in [5.74, 6) is -1.74. The molecule has 0 atom stereocenters. The third-order valence-corrected chi connectivity index (χ3v) is 7.45. The number of hydrogen-bond donors (Lipinski definition) is 1. The highest BCUT2D eigenvalue weighted by atomic mass is 19.3. The van der Waals surface area contributed by atoms with E-state index in [-0.39, 0.29) is 30.8 Å². The van der Waals surface area contributed by atoms with Crippen molar-refractivity contribution >= 4 is 34.5 Å². The lowest BCUT2D eigenvalue weighted by molar-refractivity contribution is -0.132. The molecule has 0 bridgehead atoms. The third-order valence-electron chi connectivity index (χ3n) is 7.45. The average Bonchev–Trinajstić information content (AvgIpc) is 3.42. The highest BCUT2D eigenvalue weighted by Gasteiger charge is 2.40. The van der Waals surface area contributed by atoms with Crippen molar-refractivity contribution < 1.29 is 13.6 Å². The Kier molecular flexibility index (Phi) is 6.75. The van der Waals surface area contributed by atoms with E-state index in [2.05, 4.69) is 61.1 Å². The normalized spacial score (nSPS) is 18.4. The Morgan fingerprint density at radius 2 is 1.84 bits per heavy atom. The maximum atomic E-state index is 13.5. The Morgan fingerprint density at radius 3 is 2.50 bits per heavy atom. The number of hydrogen-bond acceptors (Lipinski definition) is 7. The first kappa shape index (κ1) is 26.3. The van der Waals surface area contributed by atoms with Crippen LogP contribution in [0, 0.1) is 6.92 Å². The molecule has 9 nitrogen and oxygen atoms in total. The van der Waals surface area contributed by atoms with E-state index in [9.17, 15) is 13.6 Å². The molecule has 4 heterocycles. The second-order valence-electron chi connectivity index (χ2n) is 11.5. The molecular weight excluding hydrogens is 490 g/mol. The van der Waals surface area contributed by atoms with E-state index in [1.807, 2.05) is 16.5 Å². The van der Waals surface area contributed by atoms with Gasteiger partial charge in [0.15, 0.2) is 11.5 Å². The highest BCUT2D eigenvalue weighted by molar-refractivity contribution is 5.87. The van der Waals surface area contributed by atoms with E-state index in [0.29, 0.717) is 43.6 Å². The second kappa shape index (κ2) is 9.76. The number of nitrogens with zero attached hydrogens (tertiary/aromatic N) is 7. The molecule has 0 spiro atoms. The molecule has 2 aliphatic heterocycles. The molecule has 0 unspecified atom stereocenters. The molecule has 0 saturated carbocycles. The van der Waals surface area contributed by atoms with Crippen molar-refractivity contribution in [2.75, 3.05) is 56.0 Å². The predicted molar refractivity (Wildman–Crippen MR) is 144 cm³/mol. The Labute approximate surface area is 221 Å². The lowest BCUT2D eigenvalue weighted by Gasteiger charge is -2.35. The van der Waals surface area contributed by atoms with Crippen LogP contribution in [0.5, 0.6) is 0 Å². The van der Waals surface area contributed by atoms with Crippen LogP contribution in [-0.2, 0) is 17.3 Å². The highest BCUT2D eigenvalue weighted by Crippen LogP contribution is 2.31. The smallest absolute Gasteiger partial charge is 0.267 e. The molecule has 5 rings (SSSR count). The van der Waals surface area contributed by atoms with Crippen LogP contribution in [0.2, 0.25) is 0 Å². The van der Waals surface area contributed by atoms with E-state index in [1.165, 1.54) is 10.5 Å². The fourth-order valence-corrected chi connectivity index (χ4v) is 4.97. The maximum Gasteiger partial charge on any atom is 0.267 e. The fraction of sp³-hybridized carbons (Fsp3) is 0.556. The summed E-state index contributed by atoms with van der Waals surface area (Å²) in [6.07, 6.45) is 1.48. The number of amides is 1. The molecule has 204 valence electrons. The van der Waals surface area contributed by atoms with Gasteiger partial charge in [-0.1, -0.05) is 32.9 Å². The monoisotopic (exact) mass is 526 g/mol. The Morgan fingerprint density at radius 1 is 1.11 bits per heavy atom. The Hall–Kier alpha value is -3.34. The van der Waals surface area contributed by atoms with Gasteiger partial charge >= 0.3 is 0 Å². The molecule has 1 N–H and O–H groups in total. The van der Waals surface area contributed by atoms with Gasteiger partial charge < -0.3 is 19.7 Å². The first-order valence-electron chi connectivity index (χ1n) is 13.1. The molecule has 1 aromatic carbocycles. The van der Waals surface area contributed by atoms with Crippen LogP contribution < -0.4 is 10.2 Å². The molecule has 2 saturated heterocycles. The molecule has 1 amide bonds. The lowest BCUT2D eigenvalue weighted by atomic mass is 9.86. The molecule has 0 aliphatic carbocycles. The fourth-order valence-electron chi connectivity index (χ4n) is 4.97. The van der Waals surface area contributed by atoms with Gasteiger partial charge in [-0.25, -0.2) is 13.8 Å². The van der Waals surface area contributed by atoms with Gasteiger partial charge in [0.25, 0.3) is 5.92 Å². The van der Waals surface area contributed by atoms with Crippen LogP contribution in [0.15, 0.2) is 24.5 Å². The number of aryl methyl sites for hydroxylation is 2. The van der Waals surface area contributed by atoms with Gasteiger partial charge in [0.1, 0.15) is 5.52 Å². The van der Waals surface area contributed by atoms with E-state index in [4.69, 9.17) is 9.97 Å². The summed E-state index contributed by atoms with van der Waals surface area (Å²) in [4.78, 5) is 32.0. The average molecular weight is 527 g/mol. The number of rotatable bonds is 5. The van der Waals surface area contributed by atoms with Gasteiger partial charge in [0.2, 0.25) is 11.9 Å². The van der Waals surface area contributed by atoms with Crippen molar-refractivity contribution in [1.82, 2.24) is 29.3 Å². The zero-order valence-corrected chi connectivity index (χ0v) is 22.8. The number of anilines is 3. The Balaban J connectivity index is 1.32. The van der Waals surface area contributed by atoms with E-state index in [1.54, 1.807) is 6.33 Å². The van der Waals surface area contributed by atoms with Crippen molar-refractivity contribution in [3.8, 4) is 0 Å². The van der Waals surface area contributed by atoms with Gasteiger partial charge in [-0.3, -0.25) is 9.69 Å². The number of piperazine rings is 1. The summed E-state index contributed by atoms with van der Waals surface area (Å²) >= 11 is 0. The number of fused-ring (bicyclic) bond motifs is 1. The summed E-state index contributed by atoms with van der Waals surface area (Å²) in [6, 6.07) is 6.45. The van der Waals surface area contributed by atoms with Crippen LogP contribution in [0.3, 0.4) is 0 Å². The number of halogens is 2. The zero-order chi connectivity index (χ0) is 27.2. The predicted octanol–water partition coefficient (Wildman–Crippen LogP) is 3.70. The van der Waals surface area contributed by atoms with Gasteiger partial charge in [-0.05, 0) is 29.5 Å². The van der Waals surface area contributed by atoms with Crippen LogP contribution in [0.25, 0.3) is 11.2 Å². The van der Waals surface area contributed by atoms with Crippen molar-refractivity contribution in [3.63, 3.8) is 0 Å². The minimum absolute atomic E-state index is 0.0134. The van der Waals surface area contributed by atoms with Crippen LogP contribution in [0.4, 0.5) is 26.2 Å². The first-order valence-corrected chi connectivity index (χ1v) is 13.1. The standard InChI is InChI=1S/C27H36F2N8O/c1-18-6-7-19(26(2,3)4)14-20(18)31-24-22-23(30-17-34(22)5)32-25(33-24)36-12-10-35(11-13-36)15-21(38)37-9-8-27(28,29)16-37/h6-7,14,17H,8-13,15-16H2,1-5H3,(H,31,32,33). The molecule has 2 aliphatic rings.